The van der Waals surface area contributed by atoms with E-state index >= 15 is 0 Å². The molecule has 50 heavy (non-hydrogen) atoms. The Hall–Kier alpha value is -1.66. The molecule has 8 aliphatic heterocycles. The van der Waals surface area contributed by atoms with Gasteiger partial charge < -0.3 is 28.4 Å². The first kappa shape index (κ1) is 35.4. The second-order valence-electron chi connectivity index (χ2n) is 15.8. The van der Waals surface area contributed by atoms with Gasteiger partial charge in [0.05, 0.1) is 26.4 Å². The first-order valence-corrected chi connectivity index (χ1v) is 17.7. The van der Waals surface area contributed by atoms with Crippen molar-refractivity contribution in [2.24, 2.45) is 35.5 Å². The lowest BCUT2D eigenvalue weighted by molar-refractivity contribution is -0.558. The maximum Gasteiger partial charge on any atom is 0.449 e. The molecule has 8 fully saturated rings. The molecule has 10 rings (SSSR count). The van der Waals surface area contributed by atoms with E-state index in [1.54, 1.807) is 13.8 Å². The molecule has 0 aromatic carbocycles. The molecule has 2 aliphatic carbocycles. The Morgan fingerprint density at radius 3 is 1.38 bits per heavy atom. The predicted octanol–water partition coefficient (Wildman–Crippen LogP) is 7.14. The molecule has 0 aromatic heterocycles. The van der Waals surface area contributed by atoms with E-state index in [2.05, 4.69) is 0 Å². The zero-order chi connectivity index (χ0) is 35.5. The predicted molar refractivity (Wildman–Crippen MR) is 156 cm³/mol. The van der Waals surface area contributed by atoms with Crippen molar-refractivity contribution >= 4 is 0 Å². The normalized spacial score (nSPS) is 46.8. The fourth-order valence-electron chi connectivity index (χ4n) is 10.3. The first-order valence-electron chi connectivity index (χ1n) is 17.7. The second kappa shape index (κ2) is 11.9. The highest BCUT2D eigenvalue weighted by molar-refractivity contribution is 5.30. The summed E-state index contributed by atoms with van der Waals surface area (Å²) < 4.78 is 122. The number of rotatable bonds is 7. The molecular formula is C34H44F6O10. The minimum Gasteiger partial charge on any atom is -0.456 e. The van der Waals surface area contributed by atoms with Gasteiger partial charge in [0.1, 0.15) is 0 Å². The Labute approximate surface area is 285 Å². The Morgan fingerprint density at radius 2 is 1.00 bits per heavy atom. The van der Waals surface area contributed by atoms with Crippen molar-refractivity contribution in [1.29, 1.82) is 0 Å². The number of hydrogen-bond acceptors (Lipinski definition) is 10. The fraction of sp³-hybridized carbons (Fsp3) is 0.882. The summed E-state index contributed by atoms with van der Waals surface area (Å²) in [4.78, 5) is 23.4. The van der Waals surface area contributed by atoms with Gasteiger partial charge in [0.15, 0.2) is 11.2 Å². The van der Waals surface area contributed by atoms with E-state index in [4.69, 9.17) is 48.0 Å². The smallest absolute Gasteiger partial charge is 0.449 e. The lowest BCUT2D eigenvalue weighted by Crippen LogP contribution is -2.67. The maximum atomic E-state index is 14.5. The number of halogens is 6. The molecule has 0 radical (unpaired) electrons. The molecule has 4 bridgehead atoms. The highest BCUT2D eigenvalue weighted by atomic mass is 19.4. The lowest BCUT2D eigenvalue weighted by atomic mass is 9.59. The average molecular weight is 727 g/mol. The standard InChI is InChI=1S/C34H44F6O10/c1-17-5-7-23-19(25(33(35,36)37)43-27-31(23)21(17)9-11-29(3,45-27)47-49-31)15-41-13-14-42-16-20-24-8-6-18(2)22-10-12-30(4)46-28(32(22,24)50-48-30)44-26(20)34(38,39)40/h17-18,21-24,27-28H,5-16H2,1-4H3/t17-,18-,21+,22+,23+,24+,27-,28-,29?,30?,31-,32-/m1/s1. The molecule has 2 unspecified atom stereocenters. The third kappa shape index (κ3) is 5.36. The third-order valence-electron chi connectivity index (χ3n) is 12.7. The van der Waals surface area contributed by atoms with Crippen LogP contribution in [0.15, 0.2) is 22.7 Å². The summed E-state index contributed by atoms with van der Waals surface area (Å²) >= 11 is 0. The van der Waals surface area contributed by atoms with Crippen LogP contribution >= 0.6 is 0 Å². The Balaban J connectivity index is 0.987. The summed E-state index contributed by atoms with van der Waals surface area (Å²) in [6.45, 7) is 6.06. The Kier molecular flexibility index (Phi) is 8.43. The van der Waals surface area contributed by atoms with E-state index in [1.807, 2.05) is 13.8 Å². The summed E-state index contributed by atoms with van der Waals surface area (Å²) in [5.41, 5.74) is -2.77. The number of ether oxygens (including phenoxy) is 6. The van der Waals surface area contributed by atoms with Crippen LogP contribution in [0, 0.1) is 35.5 Å². The molecule has 2 saturated carbocycles. The minimum absolute atomic E-state index is 0.103. The largest absolute Gasteiger partial charge is 0.456 e. The van der Waals surface area contributed by atoms with Gasteiger partial charge >= 0.3 is 12.4 Å². The average Bonchev–Trinajstić information content (AvgIpc) is 3.41. The van der Waals surface area contributed by atoms with Crippen LogP contribution in [-0.2, 0) is 48.0 Å². The van der Waals surface area contributed by atoms with Crippen molar-refractivity contribution in [3.8, 4) is 0 Å². The number of alkyl halides is 6. The van der Waals surface area contributed by atoms with Gasteiger partial charge in [-0.15, -0.1) is 0 Å². The maximum absolute atomic E-state index is 14.5. The van der Waals surface area contributed by atoms with Gasteiger partial charge in [-0.3, -0.25) is 0 Å². The Bertz CT molecular complexity index is 1320. The van der Waals surface area contributed by atoms with Crippen LogP contribution in [0.3, 0.4) is 0 Å². The minimum atomic E-state index is -4.83. The van der Waals surface area contributed by atoms with Crippen molar-refractivity contribution in [2.75, 3.05) is 26.4 Å². The summed E-state index contributed by atoms with van der Waals surface area (Å²) in [6, 6.07) is 0. The van der Waals surface area contributed by atoms with Gasteiger partial charge in [-0.25, -0.2) is 19.6 Å². The quantitative estimate of drug-likeness (QED) is 0.153. The van der Waals surface area contributed by atoms with Gasteiger partial charge in [-0.1, -0.05) is 13.8 Å². The number of fused-ring (bicyclic) bond motifs is 4. The summed E-state index contributed by atoms with van der Waals surface area (Å²) in [6.07, 6.45) is -8.06. The molecule has 0 amide bonds. The molecule has 0 aromatic rings. The van der Waals surface area contributed by atoms with E-state index in [0.29, 0.717) is 51.4 Å². The topological polar surface area (TPSA) is 92.3 Å². The molecule has 0 N–H and O–H groups in total. The first-order chi connectivity index (χ1) is 23.5. The number of allylic oxidation sites excluding steroid dienone is 2. The summed E-state index contributed by atoms with van der Waals surface area (Å²) in [5, 5.41) is 0. The molecule has 8 heterocycles. The molecule has 12 atom stereocenters. The van der Waals surface area contributed by atoms with Crippen molar-refractivity contribution in [2.45, 2.75) is 127 Å². The SMILES string of the molecule is C[C@@H]1CC[C@H]2C(COCCOCC3=C(C(F)(F)F)O[C@@H]4OC5(C)CC[C@H]6[C@H](C)CC[C@@H]3[C@@]46OO5)=C(C(F)(F)F)O[C@@H]3OC4(C)CC[C@@H]1[C@]32OO4. The molecule has 10 aliphatic rings. The van der Waals surface area contributed by atoms with Gasteiger partial charge in [0, 0.05) is 47.7 Å². The highest BCUT2D eigenvalue weighted by Gasteiger charge is 2.72. The van der Waals surface area contributed by atoms with Crippen LogP contribution in [0.2, 0.25) is 0 Å². The summed E-state index contributed by atoms with van der Waals surface area (Å²) in [5.74, 6) is -6.41. The van der Waals surface area contributed by atoms with Crippen LogP contribution < -0.4 is 0 Å². The molecule has 2 spiro atoms. The van der Waals surface area contributed by atoms with Crippen LogP contribution in [0.1, 0.15) is 79.1 Å². The zero-order valence-corrected chi connectivity index (χ0v) is 28.5. The van der Waals surface area contributed by atoms with Crippen LogP contribution in [0.4, 0.5) is 26.3 Å². The van der Waals surface area contributed by atoms with E-state index in [0.717, 1.165) is 0 Å². The van der Waals surface area contributed by atoms with Crippen molar-refractivity contribution in [1.82, 2.24) is 0 Å². The van der Waals surface area contributed by atoms with Crippen LogP contribution in [-0.4, -0.2) is 74.1 Å². The zero-order valence-electron chi connectivity index (χ0n) is 28.5. The van der Waals surface area contributed by atoms with E-state index in [-0.39, 0.29) is 48.0 Å². The highest BCUT2D eigenvalue weighted by Crippen LogP contribution is 2.63. The van der Waals surface area contributed by atoms with Crippen molar-refractivity contribution in [3.05, 3.63) is 22.7 Å². The Morgan fingerprint density at radius 1 is 0.600 bits per heavy atom. The molecule has 282 valence electrons. The molecule has 10 nitrogen and oxygen atoms in total. The van der Waals surface area contributed by atoms with E-state index in [9.17, 15) is 26.3 Å². The molecule has 6 saturated heterocycles. The van der Waals surface area contributed by atoms with Gasteiger partial charge in [-0.2, -0.15) is 26.3 Å². The van der Waals surface area contributed by atoms with Crippen LogP contribution in [0.25, 0.3) is 0 Å². The third-order valence-corrected chi connectivity index (χ3v) is 12.7. The van der Waals surface area contributed by atoms with Gasteiger partial charge in [0.25, 0.3) is 0 Å². The number of hydrogen-bond donors (Lipinski definition) is 0. The van der Waals surface area contributed by atoms with E-state index in [1.165, 1.54) is 0 Å². The van der Waals surface area contributed by atoms with Crippen LogP contribution in [0.5, 0.6) is 0 Å². The van der Waals surface area contributed by atoms with E-state index < -0.39 is 84.3 Å². The summed E-state index contributed by atoms with van der Waals surface area (Å²) in [7, 11) is 0. The van der Waals surface area contributed by atoms with Gasteiger partial charge in [0.2, 0.25) is 35.7 Å². The second-order valence-corrected chi connectivity index (χ2v) is 15.8. The van der Waals surface area contributed by atoms with Crippen molar-refractivity contribution in [3.63, 3.8) is 0 Å². The monoisotopic (exact) mass is 726 g/mol. The fourth-order valence-corrected chi connectivity index (χ4v) is 10.3. The lowest BCUT2D eigenvalue weighted by Gasteiger charge is -2.57. The van der Waals surface area contributed by atoms with Gasteiger partial charge in [-0.05, 0) is 64.2 Å². The molecule has 16 heteroatoms. The molecular weight excluding hydrogens is 682 g/mol. The van der Waals surface area contributed by atoms with Crippen molar-refractivity contribution < 1.29 is 74.3 Å².